The summed E-state index contributed by atoms with van der Waals surface area (Å²) in [7, 11) is 0. The molecule has 0 aliphatic carbocycles. The molecule has 1 aliphatic heterocycles. The second-order valence-corrected chi connectivity index (χ2v) is 4.59. The molecule has 1 unspecified atom stereocenters. The number of nitrogens with one attached hydrogen (secondary N) is 1. The van der Waals surface area contributed by atoms with Gasteiger partial charge < -0.3 is 4.42 Å². The van der Waals surface area contributed by atoms with Gasteiger partial charge in [0, 0.05) is 6.42 Å². The van der Waals surface area contributed by atoms with E-state index in [1.807, 2.05) is 26.8 Å². The number of aromatic nitrogens is 1. The molecule has 0 saturated carbocycles. The number of fused-ring (bicyclic) bond motifs is 1. The molecule has 1 aromatic carbocycles. The van der Waals surface area contributed by atoms with E-state index in [2.05, 4.69) is 5.43 Å². The Morgan fingerprint density at radius 3 is 2.71 bits per heavy atom. The number of nitroso groups, excluding NO2 is 1. The quantitative estimate of drug-likeness (QED) is 0.810. The first-order valence-electron chi connectivity index (χ1n) is 6.93. The minimum atomic E-state index is -0.707. The van der Waals surface area contributed by atoms with E-state index in [9.17, 15) is 14.5 Å². The van der Waals surface area contributed by atoms with Gasteiger partial charge >= 0.3 is 11.7 Å². The number of benzene rings is 1. The summed E-state index contributed by atoms with van der Waals surface area (Å²) in [6.07, 6.45) is 0.276. The Kier molecular flexibility index (Phi) is 4.21. The third kappa shape index (κ3) is 2.72. The molecule has 2 aromatic rings. The molecule has 1 atom stereocenters. The zero-order valence-electron chi connectivity index (χ0n) is 12.3. The van der Waals surface area contributed by atoms with Gasteiger partial charge in [-0.15, -0.1) is 0 Å². The number of hydrogen-bond donors (Lipinski definition) is 1. The van der Waals surface area contributed by atoms with Gasteiger partial charge in [-0.25, -0.2) is 4.79 Å². The summed E-state index contributed by atoms with van der Waals surface area (Å²) >= 11 is 0. The number of oxazole rings is 1. The minimum absolute atomic E-state index is 0.140. The molecule has 1 aromatic heterocycles. The van der Waals surface area contributed by atoms with E-state index in [1.165, 1.54) is 4.57 Å². The Morgan fingerprint density at radius 2 is 2.05 bits per heavy atom. The summed E-state index contributed by atoms with van der Waals surface area (Å²) in [6, 6.07) is 4.62. The van der Waals surface area contributed by atoms with Gasteiger partial charge in [0.15, 0.2) is 5.58 Å². The van der Waals surface area contributed by atoms with Gasteiger partial charge in [0.2, 0.25) is 6.54 Å². The van der Waals surface area contributed by atoms with Gasteiger partial charge in [-0.05, 0) is 24.6 Å². The Bertz CT molecular complexity index is 744. The van der Waals surface area contributed by atoms with Gasteiger partial charge in [-0.1, -0.05) is 25.3 Å². The highest BCUT2D eigenvalue weighted by molar-refractivity contribution is 5.82. The fourth-order valence-corrected chi connectivity index (χ4v) is 2.31. The predicted molar refractivity (Wildman–Crippen MR) is 76.9 cm³/mol. The number of rotatable bonds is 1. The highest BCUT2D eigenvalue weighted by Gasteiger charge is 2.35. The van der Waals surface area contributed by atoms with E-state index in [4.69, 9.17) is 4.42 Å². The Labute approximate surface area is 121 Å². The summed E-state index contributed by atoms with van der Waals surface area (Å²) in [5.41, 5.74) is 4.13. The van der Waals surface area contributed by atoms with Crippen LogP contribution in [0.15, 0.2) is 27.4 Å². The van der Waals surface area contributed by atoms with Crippen molar-refractivity contribution in [3.05, 3.63) is 39.2 Å². The van der Waals surface area contributed by atoms with E-state index in [-0.39, 0.29) is 13.0 Å². The van der Waals surface area contributed by atoms with Crippen molar-refractivity contribution in [2.45, 2.75) is 33.2 Å². The highest BCUT2D eigenvalue weighted by Crippen LogP contribution is 2.21. The lowest BCUT2D eigenvalue weighted by molar-refractivity contribution is -0.601. The van der Waals surface area contributed by atoms with Crippen LogP contribution in [0.4, 0.5) is 0 Å². The van der Waals surface area contributed by atoms with E-state index >= 15 is 0 Å². The molecule has 3 rings (SSSR count). The van der Waals surface area contributed by atoms with Crippen molar-refractivity contribution in [2.75, 3.05) is 6.54 Å². The van der Waals surface area contributed by atoms with Crippen molar-refractivity contribution >= 4 is 17.0 Å². The average Bonchev–Trinajstić information content (AvgIpc) is 2.76. The topological polar surface area (TPSA) is 84.3 Å². The third-order valence-corrected chi connectivity index (χ3v) is 3.22. The summed E-state index contributed by atoms with van der Waals surface area (Å²) < 4.78 is 6.45. The smallest absolute Gasteiger partial charge is 0.408 e. The molecular weight excluding hydrogens is 274 g/mol. The van der Waals surface area contributed by atoms with E-state index in [1.54, 1.807) is 12.1 Å². The number of carbonyl (C=O) groups is 1. The van der Waals surface area contributed by atoms with Crippen LogP contribution in [0, 0.1) is 11.8 Å². The van der Waals surface area contributed by atoms with Gasteiger partial charge in [-0.2, -0.15) is 0 Å². The first-order valence-corrected chi connectivity index (χ1v) is 6.93. The van der Waals surface area contributed by atoms with Crippen LogP contribution in [0.2, 0.25) is 0 Å². The average molecular weight is 292 g/mol. The Balaban J connectivity index is 0.000000774. The summed E-state index contributed by atoms with van der Waals surface area (Å²) in [5, 5.41) is 0. The van der Waals surface area contributed by atoms with Crippen molar-refractivity contribution in [1.29, 1.82) is 0 Å². The van der Waals surface area contributed by atoms with Crippen LogP contribution in [0.5, 0.6) is 0 Å². The van der Waals surface area contributed by atoms with Crippen molar-refractivity contribution in [2.24, 2.45) is 0 Å². The molecule has 1 N–H and O–H groups in total. The molecule has 112 valence electrons. The first kappa shape index (κ1) is 15.0. The molecule has 1 fully saturated rings. The summed E-state index contributed by atoms with van der Waals surface area (Å²) in [5.74, 6) is -1.08. The van der Waals surface area contributed by atoms with Crippen molar-refractivity contribution in [1.82, 2.24) is 9.99 Å². The maximum Gasteiger partial charge on any atom is 0.420 e. The monoisotopic (exact) mass is 292 g/mol. The van der Waals surface area contributed by atoms with Gasteiger partial charge in [0.25, 0.3) is 0 Å². The van der Waals surface area contributed by atoms with Crippen molar-refractivity contribution in [3.63, 3.8) is 0 Å². The van der Waals surface area contributed by atoms with Crippen molar-refractivity contribution < 1.29 is 14.1 Å². The van der Waals surface area contributed by atoms with Crippen LogP contribution in [0.1, 0.15) is 31.9 Å². The molecule has 2 heterocycles. The van der Waals surface area contributed by atoms with Crippen LogP contribution in [-0.2, 0) is 4.79 Å². The Hall–Kier alpha value is -2.44. The number of carbonyl (C=O) groups excluding carboxylic acids is 1. The predicted octanol–water partition coefficient (Wildman–Crippen LogP) is 1.68. The number of nitrogens with zero attached hydrogens (tertiary/aromatic N) is 2. The third-order valence-electron chi connectivity index (χ3n) is 3.22. The number of hydrogen-bond acceptors (Lipinski definition) is 4. The minimum Gasteiger partial charge on any atom is -0.408 e. The van der Waals surface area contributed by atoms with Crippen LogP contribution < -0.4 is 11.2 Å². The summed E-state index contributed by atoms with van der Waals surface area (Å²) in [4.78, 5) is 35.2. The number of amides is 1. The van der Waals surface area contributed by atoms with Crippen molar-refractivity contribution in [3.8, 4) is 0 Å². The lowest BCUT2D eigenvalue weighted by Crippen LogP contribution is -2.46. The SMILES string of the molecule is CC.Cc1ccc2c(c1)oc(=O)n2C1CC[N+](=O)NC1=O. The van der Waals surface area contributed by atoms with Crippen LogP contribution in [-0.4, -0.2) is 21.9 Å². The molecule has 1 saturated heterocycles. The molecule has 0 bridgehead atoms. The van der Waals surface area contributed by atoms with Crippen LogP contribution in [0.25, 0.3) is 11.1 Å². The zero-order valence-corrected chi connectivity index (χ0v) is 12.3. The second-order valence-electron chi connectivity index (χ2n) is 4.59. The fourth-order valence-electron chi connectivity index (χ4n) is 2.31. The standard InChI is InChI=1S/C12H11N3O4.C2H6/c1-7-2-3-8-10(6-7)19-12(17)15(8)9-4-5-14(18)13-11(9)16;1-2/h2-3,6,9H,4-5H2,1H3;1-2H3/p+1. The molecule has 7 heteroatoms. The maximum atomic E-state index is 11.9. The molecule has 1 aliphatic rings. The molecule has 21 heavy (non-hydrogen) atoms. The number of hydrazine groups is 1. The van der Waals surface area contributed by atoms with Gasteiger partial charge in [0.1, 0.15) is 10.9 Å². The van der Waals surface area contributed by atoms with E-state index in [0.717, 1.165) is 5.56 Å². The Morgan fingerprint density at radius 1 is 1.33 bits per heavy atom. The summed E-state index contributed by atoms with van der Waals surface area (Å²) in [6.45, 7) is 6.03. The second kappa shape index (κ2) is 5.90. The van der Waals surface area contributed by atoms with E-state index < -0.39 is 17.7 Å². The molecular formula is C14H18N3O4+. The lowest BCUT2D eigenvalue weighted by atomic mass is 10.1. The highest BCUT2D eigenvalue weighted by atomic mass is 16.4. The molecule has 0 radical (unpaired) electrons. The first-order chi connectivity index (χ1) is 10.1. The molecule has 7 nitrogen and oxygen atoms in total. The normalized spacial score (nSPS) is 18.1. The molecule has 0 spiro atoms. The van der Waals surface area contributed by atoms with Crippen LogP contribution in [0.3, 0.4) is 0 Å². The van der Waals surface area contributed by atoms with Gasteiger partial charge in [0.05, 0.1) is 10.4 Å². The van der Waals surface area contributed by atoms with Gasteiger partial charge in [-0.3, -0.25) is 9.36 Å². The fraction of sp³-hybridized carbons (Fsp3) is 0.429. The van der Waals surface area contributed by atoms with Crippen LogP contribution >= 0.6 is 0 Å². The zero-order chi connectivity index (χ0) is 15.6. The largest absolute Gasteiger partial charge is 0.420 e. The van der Waals surface area contributed by atoms with E-state index in [0.29, 0.717) is 16.0 Å². The maximum absolute atomic E-state index is 11.9. The number of aryl methyl sites for hydroxylation is 1. The lowest BCUT2D eigenvalue weighted by Gasteiger charge is -2.16. The molecule has 1 amide bonds.